The summed E-state index contributed by atoms with van der Waals surface area (Å²) in [4.78, 5) is 13.9. The van der Waals surface area contributed by atoms with Gasteiger partial charge in [-0.1, -0.05) is 36.4 Å². The summed E-state index contributed by atoms with van der Waals surface area (Å²) < 4.78 is 46.1. The van der Waals surface area contributed by atoms with Crippen molar-refractivity contribution in [3.8, 4) is 11.5 Å². The molecule has 0 saturated carbocycles. The second kappa shape index (κ2) is 7.83. The average molecular weight is 415 g/mol. The monoisotopic (exact) mass is 415 g/mol. The van der Waals surface area contributed by atoms with E-state index in [2.05, 4.69) is 0 Å². The van der Waals surface area contributed by atoms with Crippen LogP contribution < -0.4 is 9.64 Å². The summed E-state index contributed by atoms with van der Waals surface area (Å²) in [6.07, 6.45) is -4.48. The van der Waals surface area contributed by atoms with Gasteiger partial charge in [0.25, 0.3) is 0 Å². The van der Waals surface area contributed by atoms with E-state index in [0.717, 1.165) is 6.07 Å². The van der Waals surface area contributed by atoms with Crippen molar-refractivity contribution in [1.82, 2.24) is 0 Å². The van der Waals surface area contributed by atoms with E-state index in [1.807, 2.05) is 30.3 Å². The van der Waals surface area contributed by atoms with E-state index in [1.54, 1.807) is 30.3 Å². The first-order valence-corrected chi connectivity index (χ1v) is 9.91. The number of halogens is 3. The van der Waals surface area contributed by atoms with Crippen molar-refractivity contribution in [2.24, 2.45) is 0 Å². The molecular weight excluding hydrogens is 399 g/mol. The van der Waals surface area contributed by atoms with Crippen molar-refractivity contribution < 1.29 is 22.7 Å². The zero-order chi connectivity index (χ0) is 20.4. The Morgan fingerprint density at radius 2 is 1.48 bits per heavy atom. The number of thioether (sulfide) groups is 1. The predicted octanol–water partition coefficient (Wildman–Crippen LogP) is 6.28. The molecule has 0 aromatic heterocycles. The number of para-hydroxylation sites is 1. The van der Waals surface area contributed by atoms with E-state index in [0.29, 0.717) is 17.2 Å². The molecule has 148 valence electrons. The Kier molecular flexibility index (Phi) is 5.24. The van der Waals surface area contributed by atoms with Gasteiger partial charge < -0.3 is 4.74 Å². The standard InChI is InChI=1S/C22H16F3NO2S/c23-22(24,25)19-9-5-4-8-18(19)21-26(20(27)14-29-21)15-10-12-17(13-11-15)28-16-6-2-1-3-7-16/h1-13,21H,14H2/t21-/m0/s1. The van der Waals surface area contributed by atoms with Crippen LogP contribution in [0.1, 0.15) is 16.5 Å². The summed E-state index contributed by atoms with van der Waals surface area (Å²) in [6, 6.07) is 21.4. The second-order valence-electron chi connectivity index (χ2n) is 6.42. The Labute approximate surface area is 170 Å². The SMILES string of the molecule is O=C1CS[C@@H](c2ccccc2C(F)(F)F)N1c1ccc(Oc2ccccc2)cc1. The number of alkyl halides is 3. The van der Waals surface area contributed by atoms with E-state index < -0.39 is 17.1 Å². The molecule has 3 aromatic rings. The van der Waals surface area contributed by atoms with Crippen LogP contribution in [-0.2, 0) is 11.0 Å². The molecule has 0 radical (unpaired) electrons. The number of amides is 1. The summed E-state index contributed by atoms with van der Waals surface area (Å²) in [5.74, 6) is 1.14. The van der Waals surface area contributed by atoms with Gasteiger partial charge in [0.2, 0.25) is 5.91 Å². The fourth-order valence-electron chi connectivity index (χ4n) is 3.20. The normalized spacial score (nSPS) is 16.9. The summed E-state index contributed by atoms with van der Waals surface area (Å²) in [6.45, 7) is 0. The molecule has 1 heterocycles. The second-order valence-corrected chi connectivity index (χ2v) is 7.49. The lowest BCUT2D eigenvalue weighted by atomic mass is 10.1. The number of benzene rings is 3. The first-order valence-electron chi connectivity index (χ1n) is 8.86. The smallest absolute Gasteiger partial charge is 0.416 e. The molecule has 7 heteroatoms. The quantitative estimate of drug-likeness (QED) is 0.503. The highest BCUT2D eigenvalue weighted by molar-refractivity contribution is 8.00. The van der Waals surface area contributed by atoms with Crippen LogP contribution in [0.25, 0.3) is 0 Å². The van der Waals surface area contributed by atoms with Gasteiger partial charge in [-0.05, 0) is 48.0 Å². The number of ether oxygens (including phenoxy) is 1. The van der Waals surface area contributed by atoms with Gasteiger partial charge >= 0.3 is 6.18 Å². The highest BCUT2D eigenvalue weighted by atomic mass is 32.2. The Hall–Kier alpha value is -2.93. The molecule has 29 heavy (non-hydrogen) atoms. The molecule has 1 aliphatic heterocycles. The first kappa shape index (κ1) is 19.4. The summed E-state index contributed by atoms with van der Waals surface area (Å²) in [7, 11) is 0. The minimum Gasteiger partial charge on any atom is -0.457 e. The molecule has 0 spiro atoms. The molecule has 3 nitrogen and oxygen atoms in total. The van der Waals surface area contributed by atoms with E-state index in [1.165, 1.54) is 28.8 Å². The lowest BCUT2D eigenvalue weighted by molar-refractivity contribution is -0.138. The van der Waals surface area contributed by atoms with Crippen LogP contribution in [0.15, 0.2) is 78.9 Å². The molecule has 0 unspecified atom stereocenters. The third kappa shape index (κ3) is 4.10. The van der Waals surface area contributed by atoms with Gasteiger partial charge in [0.15, 0.2) is 0 Å². The summed E-state index contributed by atoms with van der Waals surface area (Å²) in [5.41, 5.74) is -0.107. The minimum absolute atomic E-state index is 0.0838. The number of carbonyl (C=O) groups excluding carboxylic acids is 1. The molecule has 1 atom stereocenters. The number of hydrogen-bond acceptors (Lipinski definition) is 3. The maximum Gasteiger partial charge on any atom is 0.416 e. The summed E-state index contributed by atoms with van der Waals surface area (Å²) in [5, 5.41) is -0.735. The van der Waals surface area contributed by atoms with Gasteiger partial charge in [-0.2, -0.15) is 13.2 Å². The van der Waals surface area contributed by atoms with Crippen molar-refractivity contribution in [2.45, 2.75) is 11.6 Å². The van der Waals surface area contributed by atoms with E-state index in [9.17, 15) is 18.0 Å². The molecule has 1 fully saturated rings. The van der Waals surface area contributed by atoms with E-state index in [4.69, 9.17) is 4.74 Å². The zero-order valence-electron chi connectivity index (χ0n) is 15.1. The Balaban J connectivity index is 1.63. The topological polar surface area (TPSA) is 29.5 Å². The number of anilines is 1. The maximum absolute atomic E-state index is 13.5. The molecular formula is C22H16F3NO2S. The largest absolute Gasteiger partial charge is 0.457 e. The van der Waals surface area contributed by atoms with Crippen LogP contribution in [-0.4, -0.2) is 11.7 Å². The third-order valence-electron chi connectivity index (χ3n) is 4.49. The number of nitrogens with zero attached hydrogens (tertiary/aromatic N) is 1. The minimum atomic E-state index is -4.48. The maximum atomic E-state index is 13.5. The lowest BCUT2D eigenvalue weighted by Gasteiger charge is -2.26. The first-order chi connectivity index (χ1) is 13.9. The van der Waals surface area contributed by atoms with Crippen LogP contribution in [0.5, 0.6) is 11.5 Å². The Bertz CT molecular complexity index is 1010. The fourth-order valence-corrected chi connectivity index (χ4v) is 4.42. The van der Waals surface area contributed by atoms with Crippen LogP contribution >= 0.6 is 11.8 Å². The molecule has 0 bridgehead atoms. The molecule has 3 aromatic carbocycles. The number of rotatable bonds is 4. The lowest BCUT2D eigenvalue weighted by Crippen LogP contribution is -2.29. The molecule has 1 amide bonds. The van der Waals surface area contributed by atoms with Crippen molar-refractivity contribution in [2.75, 3.05) is 10.7 Å². The molecule has 4 rings (SSSR count). The van der Waals surface area contributed by atoms with E-state index >= 15 is 0 Å². The number of carbonyl (C=O) groups is 1. The highest BCUT2D eigenvalue weighted by Crippen LogP contribution is 2.46. The third-order valence-corrected chi connectivity index (χ3v) is 5.69. The van der Waals surface area contributed by atoms with Crippen LogP contribution in [0.2, 0.25) is 0 Å². The van der Waals surface area contributed by atoms with Gasteiger partial charge in [-0.15, -0.1) is 11.8 Å². The predicted molar refractivity (Wildman–Crippen MR) is 107 cm³/mol. The van der Waals surface area contributed by atoms with Crippen molar-refractivity contribution in [3.05, 3.63) is 90.0 Å². The van der Waals surface area contributed by atoms with Gasteiger partial charge in [-0.3, -0.25) is 9.69 Å². The van der Waals surface area contributed by atoms with Crippen LogP contribution in [0.4, 0.5) is 18.9 Å². The summed E-state index contributed by atoms with van der Waals surface area (Å²) >= 11 is 1.19. The van der Waals surface area contributed by atoms with Crippen LogP contribution in [0, 0.1) is 0 Å². The van der Waals surface area contributed by atoms with Gasteiger partial charge in [0, 0.05) is 5.69 Å². The van der Waals surface area contributed by atoms with Gasteiger partial charge in [0.05, 0.1) is 11.3 Å². The van der Waals surface area contributed by atoms with Crippen LogP contribution in [0.3, 0.4) is 0 Å². The Morgan fingerprint density at radius 1 is 0.862 bits per heavy atom. The zero-order valence-corrected chi connectivity index (χ0v) is 15.9. The highest BCUT2D eigenvalue weighted by Gasteiger charge is 2.40. The van der Waals surface area contributed by atoms with Gasteiger partial charge in [-0.25, -0.2) is 0 Å². The molecule has 1 aliphatic rings. The average Bonchev–Trinajstić information content (AvgIpc) is 3.10. The Morgan fingerprint density at radius 3 is 2.17 bits per heavy atom. The van der Waals surface area contributed by atoms with Gasteiger partial charge in [0.1, 0.15) is 16.9 Å². The van der Waals surface area contributed by atoms with Crippen molar-refractivity contribution in [3.63, 3.8) is 0 Å². The van der Waals surface area contributed by atoms with E-state index in [-0.39, 0.29) is 17.2 Å². The van der Waals surface area contributed by atoms with Crippen molar-refractivity contribution in [1.29, 1.82) is 0 Å². The fraction of sp³-hybridized carbons (Fsp3) is 0.136. The number of hydrogen-bond donors (Lipinski definition) is 0. The molecule has 1 saturated heterocycles. The molecule has 0 N–H and O–H groups in total. The van der Waals surface area contributed by atoms with Crippen molar-refractivity contribution >= 4 is 23.4 Å². The molecule has 0 aliphatic carbocycles.